The number of hydrogen-bond acceptors (Lipinski definition) is 6. The van der Waals surface area contributed by atoms with Crippen molar-refractivity contribution in [1.29, 1.82) is 0 Å². The van der Waals surface area contributed by atoms with Crippen molar-refractivity contribution in [2.24, 2.45) is 41.4 Å². The lowest BCUT2D eigenvalue weighted by molar-refractivity contribution is -0.154. The van der Waals surface area contributed by atoms with Gasteiger partial charge in [-0.05, 0) is 24.2 Å². The molecule has 0 aromatic carbocycles. The maximum Gasteiger partial charge on any atom is 0.317 e. The van der Waals surface area contributed by atoms with Crippen molar-refractivity contribution < 1.29 is 28.7 Å². The van der Waals surface area contributed by atoms with Crippen LogP contribution in [0.2, 0.25) is 0 Å². The molecule has 2 saturated heterocycles. The van der Waals surface area contributed by atoms with E-state index in [1.54, 1.807) is 0 Å². The lowest BCUT2D eigenvalue weighted by Crippen LogP contribution is -2.56. The van der Waals surface area contributed by atoms with Gasteiger partial charge in [0.15, 0.2) is 0 Å². The second-order valence-electron chi connectivity index (χ2n) is 6.04. The SMILES string of the molecule is CC1CC2C3C(=O)OC(=O)C3C1C1C(=O)OC(=O)C21. The largest absolute Gasteiger partial charge is 0.393 e. The Kier molecular flexibility index (Phi) is 1.90. The molecule has 5 aliphatic rings. The highest BCUT2D eigenvalue weighted by Crippen LogP contribution is 2.61. The summed E-state index contributed by atoms with van der Waals surface area (Å²) in [5.41, 5.74) is 0. The van der Waals surface area contributed by atoms with Crippen LogP contribution in [-0.2, 0) is 28.7 Å². The molecule has 6 heteroatoms. The molecule has 0 radical (unpaired) electrons. The van der Waals surface area contributed by atoms with Crippen molar-refractivity contribution in [2.75, 3.05) is 0 Å². The predicted octanol–water partition coefficient (Wildman–Crippen LogP) is -0.0962. The van der Waals surface area contributed by atoms with Gasteiger partial charge in [0.05, 0.1) is 23.7 Å². The van der Waals surface area contributed by atoms with E-state index in [9.17, 15) is 19.2 Å². The Balaban J connectivity index is 1.87. The fourth-order valence-corrected chi connectivity index (χ4v) is 4.77. The number of fused-ring (bicyclic) bond motifs is 1. The van der Waals surface area contributed by atoms with Crippen molar-refractivity contribution in [3.63, 3.8) is 0 Å². The van der Waals surface area contributed by atoms with E-state index >= 15 is 0 Å². The van der Waals surface area contributed by atoms with Gasteiger partial charge in [-0.1, -0.05) is 6.92 Å². The number of hydrogen-bond donors (Lipinski definition) is 0. The molecule has 100 valence electrons. The third-order valence-electron chi connectivity index (χ3n) is 5.32. The maximum absolute atomic E-state index is 11.9. The summed E-state index contributed by atoms with van der Waals surface area (Å²) < 4.78 is 9.46. The summed E-state index contributed by atoms with van der Waals surface area (Å²) in [4.78, 5) is 47.3. The molecule has 0 aromatic heterocycles. The lowest BCUT2D eigenvalue weighted by atomic mass is 9.48. The molecule has 0 N–H and O–H groups in total. The molecule has 5 unspecified atom stereocenters. The molecule has 3 aliphatic carbocycles. The highest BCUT2D eigenvalue weighted by Gasteiger charge is 2.70. The Hall–Kier alpha value is -1.72. The second kappa shape index (κ2) is 3.23. The average molecular weight is 264 g/mol. The van der Waals surface area contributed by atoms with E-state index in [-0.39, 0.29) is 17.8 Å². The van der Waals surface area contributed by atoms with Crippen LogP contribution < -0.4 is 0 Å². The number of carbonyl (C=O) groups is 4. The smallest absolute Gasteiger partial charge is 0.317 e. The first kappa shape index (κ1) is 11.1. The van der Waals surface area contributed by atoms with Crippen LogP contribution >= 0.6 is 0 Å². The van der Waals surface area contributed by atoms with E-state index in [2.05, 4.69) is 0 Å². The van der Waals surface area contributed by atoms with Gasteiger partial charge in [-0.2, -0.15) is 0 Å². The molecule has 6 nitrogen and oxygen atoms in total. The summed E-state index contributed by atoms with van der Waals surface area (Å²) in [5.74, 6) is -4.91. The Morgan fingerprint density at radius 2 is 1.21 bits per heavy atom. The lowest BCUT2D eigenvalue weighted by Gasteiger charge is -2.50. The number of esters is 4. The van der Waals surface area contributed by atoms with Crippen molar-refractivity contribution >= 4 is 23.9 Å². The van der Waals surface area contributed by atoms with Gasteiger partial charge in [-0.25, -0.2) is 0 Å². The summed E-state index contributed by atoms with van der Waals surface area (Å²) in [6, 6.07) is 0. The molecular weight excluding hydrogens is 252 g/mol. The zero-order valence-electron chi connectivity index (χ0n) is 10.2. The third kappa shape index (κ3) is 1.13. The van der Waals surface area contributed by atoms with Gasteiger partial charge in [0, 0.05) is 0 Å². The molecule has 2 aliphatic heterocycles. The van der Waals surface area contributed by atoms with Gasteiger partial charge in [-0.3, -0.25) is 19.2 Å². The molecule has 2 heterocycles. The van der Waals surface area contributed by atoms with E-state index in [4.69, 9.17) is 9.47 Å². The highest BCUT2D eigenvalue weighted by molar-refractivity contribution is 6.02. The fourth-order valence-electron chi connectivity index (χ4n) is 4.77. The first-order valence-corrected chi connectivity index (χ1v) is 6.51. The quantitative estimate of drug-likeness (QED) is 0.448. The molecule has 3 saturated carbocycles. The van der Waals surface area contributed by atoms with Gasteiger partial charge in [-0.15, -0.1) is 0 Å². The van der Waals surface area contributed by atoms with Crippen LogP contribution in [0.3, 0.4) is 0 Å². The van der Waals surface area contributed by atoms with Gasteiger partial charge in [0.25, 0.3) is 0 Å². The number of cyclic esters (lactones) is 4. The van der Waals surface area contributed by atoms with E-state index in [1.165, 1.54) is 0 Å². The van der Waals surface area contributed by atoms with Gasteiger partial charge >= 0.3 is 23.9 Å². The molecule has 5 rings (SSSR count). The Labute approximate surface area is 108 Å². The van der Waals surface area contributed by atoms with Crippen LogP contribution in [0, 0.1) is 41.4 Å². The number of rotatable bonds is 0. The number of ether oxygens (including phenoxy) is 2. The first-order valence-electron chi connectivity index (χ1n) is 6.51. The van der Waals surface area contributed by atoms with E-state index < -0.39 is 47.5 Å². The summed E-state index contributed by atoms with van der Waals surface area (Å²) in [6.07, 6.45) is 0.664. The van der Waals surface area contributed by atoms with E-state index in [1.807, 2.05) is 6.92 Å². The number of carbonyl (C=O) groups excluding carboxylic acids is 4. The molecule has 0 amide bonds. The second-order valence-corrected chi connectivity index (χ2v) is 6.04. The minimum absolute atomic E-state index is 0.115. The van der Waals surface area contributed by atoms with Crippen LogP contribution in [0.1, 0.15) is 13.3 Å². The van der Waals surface area contributed by atoms with Crippen LogP contribution in [0.4, 0.5) is 0 Å². The van der Waals surface area contributed by atoms with Crippen LogP contribution in [-0.4, -0.2) is 23.9 Å². The minimum atomic E-state index is -0.569. The predicted molar refractivity (Wildman–Crippen MR) is 56.9 cm³/mol. The van der Waals surface area contributed by atoms with Crippen molar-refractivity contribution in [2.45, 2.75) is 13.3 Å². The molecule has 19 heavy (non-hydrogen) atoms. The maximum atomic E-state index is 11.9. The molecule has 5 fully saturated rings. The van der Waals surface area contributed by atoms with Crippen molar-refractivity contribution in [1.82, 2.24) is 0 Å². The highest BCUT2D eigenvalue weighted by atomic mass is 16.6. The summed E-state index contributed by atoms with van der Waals surface area (Å²) >= 11 is 0. The average Bonchev–Trinajstić information content (AvgIpc) is 2.80. The van der Waals surface area contributed by atoms with Crippen molar-refractivity contribution in [3.05, 3.63) is 0 Å². The normalized spacial score (nSPS) is 50.9. The van der Waals surface area contributed by atoms with Crippen LogP contribution in [0.5, 0.6) is 0 Å². The summed E-state index contributed by atoms with van der Waals surface area (Å²) in [7, 11) is 0. The van der Waals surface area contributed by atoms with Crippen LogP contribution in [0.25, 0.3) is 0 Å². The third-order valence-corrected chi connectivity index (χ3v) is 5.32. The van der Waals surface area contributed by atoms with Gasteiger partial charge in [0.1, 0.15) is 0 Å². The Morgan fingerprint density at radius 1 is 0.789 bits per heavy atom. The Morgan fingerprint density at radius 3 is 1.68 bits per heavy atom. The molecule has 5 atom stereocenters. The molecular formula is C13H12O6. The van der Waals surface area contributed by atoms with Gasteiger partial charge < -0.3 is 9.47 Å². The zero-order valence-corrected chi connectivity index (χ0v) is 10.2. The Bertz CT molecular complexity index is 495. The molecule has 2 bridgehead atoms. The van der Waals surface area contributed by atoms with Crippen molar-refractivity contribution in [3.8, 4) is 0 Å². The molecule has 0 aromatic rings. The zero-order chi connectivity index (χ0) is 13.5. The van der Waals surface area contributed by atoms with Crippen LogP contribution in [0.15, 0.2) is 0 Å². The van der Waals surface area contributed by atoms with E-state index in [0.29, 0.717) is 6.42 Å². The molecule has 0 spiro atoms. The summed E-state index contributed by atoms with van der Waals surface area (Å²) in [6.45, 7) is 1.95. The monoisotopic (exact) mass is 264 g/mol. The van der Waals surface area contributed by atoms with Gasteiger partial charge in [0.2, 0.25) is 0 Å². The topological polar surface area (TPSA) is 86.7 Å². The first-order chi connectivity index (χ1) is 9.00. The summed E-state index contributed by atoms with van der Waals surface area (Å²) in [5, 5.41) is 0. The minimum Gasteiger partial charge on any atom is -0.393 e. The van der Waals surface area contributed by atoms with E-state index in [0.717, 1.165) is 0 Å². The fraction of sp³-hybridized carbons (Fsp3) is 0.692. The standard InChI is InChI=1S/C13H12O6/c1-3-2-4-6-8(12(16)18-10(6)14)5(3)9-7(4)11(15)19-13(9)17/h3-9H,2H2,1H3.